The van der Waals surface area contributed by atoms with E-state index < -0.39 is 0 Å². The fraction of sp³-hybridized carbons (Fsp3) is 0.467. The van der Waals surface area contributed by atoms with E-state index in [1.54, 1.807) is 7.11 Å². The van der Waals surface area contributed by atoms with Gasteiger partial charge in [-0.2, -0.15) is 0 Å². The molecule has 0 aliphatic carbocycles. The molecule has 2 rings (SSSR count). The molecule has 1 saturated heterocycles. The first-order valence-corrected chi connectivity index (χ1v) is 7.65. The van der Waals surface area contributed by atoms with Gasteiger partial charge in [-0.1, -0.05) is 12.1 Å². The molecule has 6 nitrogen and oxygen atoms in total. The summed E-state index contributed by atoms with van der Waals surface area (Å²) in [7, 11) is 1.60. The number of hydrazine groups is 1. The second-order valence-electron chi connectivity index (χ2n) is 5.05. The van der Waals surface area contributed by atoms with Crippen LogP contribution in [0.4, 0.5) is 0 Å². The first-order valence-electron chi connectivity index (χ1n) is 7.24. The van der Waals surface area contributed by atoms with E-state index in [1.807, 2.05) is 24.3 Å². The topological polar surface area (TPSA) is 71.6 Å². The third-order valence-electron chi connectivity index (χ3n) is 3.33. The van der Waals surface area contributed by atoms with Crippen LogP contribution < -0.4 is 20.9 Å². The van der Waals surface area contributed by atoms with Gasteiger partial charge < -0.3 is 14.8 Å². The van der Waals surface area contributed by atoms with Gasteiger partial charge in [0.25, 0.3) is 0 Å². The summed E-state index contributed by atoms with van der Waals surface area (Å²) in [6.45, 7) is 1.46. The normalized spacial score (nSPS) is 16.9. The number of carbonyl (C=O) groups excluding carboxylic acids is 1. The highest BCUT2D eigenvalue weighted by Crippen LogP contribution is 2.12. The smallest absolute Gasteiger partial charge is 0.242 e. The minimum Gasteiger partial charge on any atom is -0.497 e. The number of rotatable bonds is 5. The summed E-state index contributed by atoms with van der Waals surface area (Å²) in [6.07, 6.45) is 2.58. The van der Waals surface area contributed by atoms with Crippen LogP contribution in [0.25, 0.3) is 0 Å². The minimum absolute atomic E-state index is 0.172. The van der Waals surface area contributed by atoms with E-state index in [0.29, 0.717) is 11.7 Å². The maximum atomic E-state index is 11.9. The Balaban J connectivity index is 1.66. The monoisotopic (exact) mass is 323 g/mol. The van der Waals surface area contributed by atoms with Gasteiger partial charge in [-0.3, -0.25) is 15.6 Å². The number of carbonyl (C=O) groups is 1. The first-order chi connectivity index (χ1) is 10.7. The predicted molar refractivity (Wildman–Crippen MR) is 87.6 cm³/mol. The summed E-state index contributed by atoms with van der Waals surface area (Å²) >= 11 is 5.10. The van der Waals surface area contributed by atoms with Gasteiger partial charge in [-0.25, -0.2) is 0 Å². The van der Waals surface area contributed by atoms with E-state index in [4.69, 9.17) is 21.7 Å². The summed E-state index contributed by atoms with van der Waals surface area (Å²) < 4.78 is 10.6. The molecule has 1 aromatic rings. The van der Waals surface area contributed by atoms with Crippen LogP contribution >= 0.6 is 12.2 Å². The lowest BCUT2D eigenvalue weighted by Crippen LogP contribution is -2.48. The lowest BCUT2D eigenvalue weighted by Gasteiger charge is -2.14. The molecule has 7 heteroatoms. The average molecular weight is 323 g/mol. The van der Waals surface area contributed by atoms with Crippen molar-refractivity contribution in [1.82, 2.24) is 16.2 Å². The zero-order chi connectivity index (χ0) is 15.8. The van der Waals surface area contributed by atoms with E-state index in [9.17, 15) is 4.79 Å². The highest BCUT2D eigenvalue weighted by molar-refractivity contribution is 7.80. The fourth-order valence-electron chi connectivity index (χ4n) is 2.19. The molecule has 1 atom stereocenters. The third kappa shape index (κ3) is 5.50. The second kappa shape index (κ2) is 8.55. The van der Waals surface area contributed by atoms with Crippen molar-refractivity contribution in [3.8, 4) is 5.75 Å². The summed E-state index contributed by atoms with van der Waals surface area (Å²) in [5.74, 6) is 0.557. The van der Waals surface area contributed by atoms with Gasteiger partial charge in [-0.15, -0.1) is 0 Å². The van der Waals surface area contributed by atoms with E-state index >= 15 is 0 Å². The van der Waals surface area contributed by atoms with Crippen molar-refractivity contribution >= 4 is 23.2 Å². The number of ether oxygens (including phenoxy) is 2. The highest BCUT2D eigenvalue weighted by atomic mass is 32.1. The highest BCUT2D eigenvalue weighted by Gasteiger charge is 2.15. The Bertz CT molecular complexity index is 519. The molecule has 1 heterocycles. The molecule has 0 saturated carbocycles. The maximum Gasteiger partial charge on any atom is 0.242 e. The lowest BCUT2D eigenvalue weighted by molar-refractivity contribution is -0.121. The van der Waals surface area contributed by atoms with Crippen LogP contribution in [-0.4, -0.2) is 37.4 Å². The van der Waals surface area contributed by atoms with Crippen LogP contribution in [0.2, 0.25) is 0 Å². The number of nitrogens with one attached hydrogen (secondary N) is 3. The van der Waals surface area contributed by atoms with Gasteiger partial charge in [0.15, 0.2) is 5.11 Å². The number of hydrogen-bond acceptors (Lipinski definition) is 4. The Hall–Kier alpha value is -1.86. The van der Waals surface area contributed by atoms with Crippen molar-refractivity contribution in [1.29, 1.82) is 0 Å². The molecule has 0 spiro atoms. The van der Waals surface area contributed by atoms with E-state index in [-0.39, 0.29) is 18.4 Å². The summed E-state index contributed by atoms with van der Waals surface area (Å²) in [6, 6.07) is 7.39. The van der Waals surface area contributed by atoms with Gasteiger partial charge in [-0.05, 0) is 42.8 Å². The van der Waals surface area contributed by atoms with Crippen LogP contribution in [0.3, 0.4) is 0 Å². The molecule has 1 aliphatic heterocycles. The van der Waals surface area contributed by atoms with Crippen molar-refractivity contribution in [3.63, 3.8) is 0 Å². The van der Waals surface area contributed by atoms with Crippen LogP contribution in [0.5, 0.6) is 5.75 Å². The van der Waals surface area contributed by atoms with Crippen molar-refractivity contribution in [2.45, 2.75) is 25.4 Å². The van der Waals surface area contributed by atoms with E-state index in [0.717, 1.165) is 30.8 Å². The molecule has 0 radical (unpaired) electrons. The maximum absolute atomic E-state index is 11.9. The third-order valence-corrected chi connectivity index (χ3v) is 3.57. The summed E-state index contributed by atoms with van der Waals surface area (Å²) in [5.41, 5.74) is 6.13. The zero-order valence-electron chi connectivity index (χ0n) is 12.6. The molecule has 1 amide bonds. The predicted octanol–water partition coefficient (Wildman–Crippen LogP) is 0.912. The van der Waals surface area contributed by atoms with Crippen molar-refractivity contribution in [2.75, 3.05) is 20.3 Å². The summed E-state index contributed by atoms with van der Waals surface area (Å²) in [5, 5.41) is 3.41. The first kappa shape index (κ1) is 16.5. The Morgan fingerprint density at radius 3 is 3.05 bits per heavy atom. The fourth-order valence-corrected chi connectivity index (χ4v) is 2.33. The van der Waals surface area contributed by atoms with Crippen LogP contribution in [0.1, 0.15) is 18.4 Å². The lowest BCUT2D eigenvalue weighted by atomic mass is 10.1. The Kier molecular flexibility index (Phi) is 6.42. The SMILES string of the molecule is COc1cccc(CC(=O)NNC(=S)NCC2CCCO2)c1. The van der Waals surface area contributed by atoms with Crippen LogP contribution in [-0.2, 0) is 16.0 Å². The zero-order valence-corrected chi connectivity index (χ0v) is 13.4. The Morgan fingerprint density at radius 2 is 2.32 bits per heavy atom. The van der Waals surface area contributed by atoms with E-state index in [1.165, 1.54) is 0 Å². The molecule has 22 heavy (non-hydrogen) atoms. The molecule has 120 valence electrons. The molecular formula is C15H21N3O3S. The Labute approximate surface area is 135 Å². The molecular weight excluding hydrogens is 302 g/mol. The van der Waals surface area contributed by atoms with Gasteiger partial charge in [0.05, 0.1) is 19.6 Å². The van der Waals surface area contributed by atoms with Gasteiger partial charge in [0, 0.05) is 13.2 Å². The number of hydrogen-bond donors (Lipinski definition) is 3. The number of amides is 1. The standard InChI is InChI=1S/C15H21N3O3S/c1-20-12-5-2-4-11(8-12)9-14(19)17-18-15(22)16-10-13-6-3-7-21-13/h2,4-5,8,13H,3,6-7,9-10H2,1H3,(H,17,19)(H2,16,18,22). The van der Waals surface area contributed by atoms with Crippen molar-refractivity contribution in [2.24, 2.45) is 0 Å². The molecule has 1 unspecified atom stereocenters. The van der Waals surface area contributed by atoms with Crippen LogP contribution in [0.15, 0.2) is 24.3 Å². The Morgan fingerprint density at radius 1 is 1.45 bits per heavy atom. The van der Waals surface area contributed by atoms with Crippen molar-refractivity contribution < 1.29 is 14.3 Å². The number of methoxy groups -OCH3 is 1. The molecule has 1 fully saturated rings. The molecule has 1 aliphatic rings. The second-order valence-corrected chi connectivity index (χ2v) is 5.45. The molecule has 3 N–H and O–H groups in total. The minimum atomic E-state index is -0.172. The largest absolute Gasteiger partial charge is 0.497 e. The van der Waals surface area contributed by atoms with Gasteiger partial charge >= 0.3 is 0 Å². The van der Waals surface area contributed by atoms with Crippen LogP contribution in [0, 0.1) is 0 Å². The van der Waals surface area contributed by atoms with E-state index in [2.05, 4.69) is 16.2 Å². The van der Waals surface area contributed by atoms with Crippen molar-refractivity contribution in [3.05, 3.63) is 29.8 Å². The van der Waals surface area contributed by atoms with Gasteiger partial charge in [0.2, 0.25) is 5.91 Å². The number of benzene rings is 1. The summed E-state index contributed by atoms with van der Waals surface area (Å²) in [4.78, 5) is 11.9. The molecule has 0 bridgehead atoms. The molecule has 0 aromatic heterocycles. The quantitative estimate of drug-likeness (QED) is 0.553. The number of thiocarbonyl (C=S) groups is 1. The molecule has 1 aromatic carbocycles. The average Bonchev–Trinajstić information content (AvgIpc) is 3.04. The van der Waals surface area contributed by atoms with Gasteiger partial charge in [0.1, 0.15) is 5.75 Å².